The van der Waals surface area contributed by atoms with Crippen LogP contribution in [0.3, 0.4) is 0 Å². The second-order valence-electron chi connectivity index (χ2n) is 4.91. The molecule has 0 aliphatic heterocycles. The van der Waals surface area contributed by atoms with Crippen LogP contribution in [0.15, 0.2) is 42.6 Å². The summed E-state index contributed by atoms with van der Waals surface area (Å²) >= 11 is 0. The quantitative estimate of drug-likeness (QED) is 0.788. The summed E-state index contributed by atoms with van der Waals surface area (Å²) in [6.07, 6.45) is -2.85. The lowest BCUT2D eigenvalue weighted by molar-refractivity contribution is -0.137. The van der Waals surface area contributed by atoms with Gasteiger partial charge in [-0.25, -0.2) is 9.50 Å². The number of nitrogens with zero attached hydrogens (tertiary/aromatic N) is 3. The van der Waals surface area contributed by atoms with Crippen LogP contribution in [0.1, 0.15) is 21.7 Å². The van der Waals surface area contributed by atoms with E-state index in [0.717, 1.165) is 17.8 Å². The van der Waals surface area contributed by atoms with E-state index in [1.54, 1.807) is 29.8 Å². The third kappa shape index (κ3) is 3.01. The van der Waals surface area contributed by atoms with Crippen molar-refractivity contribution < 1.29 is 18.0 Å². The highest BCUT2D eigenvalue weighted by atomic mass is 19.4. The smallest absolute Gasteiger partial charge is 0.321 e. The van der Waals surface area contributed by atoms with Gasteiger partial charge in [-0.1, -0.05) is 0 Å². The van der Waals surface area contributed by atoms with Crippen molar-refractivity contribution in [1.82, 2.24) is 14.6 Å². The molecule has 0 radical (unpaired) electrons. The van der Waals surface area contributed by atoms with Gasteiger partial charge in [0.2, 0.25) is 0 Å². The maximum Gasteiger partial charge on any atom is 0.416 e. The molecule has 5 nitrogen and oxygen atoms in total. The van der Waals surface area contributed by atoms with Crippen LogP contribution < -0.4 is 5.32 Å². The third-order valence-corrected chi connectivity index (χ3v) is 3.24. The number of amides is 1. The average molecular weight is 320 g/mol. The van der Waals surface area contributed by atoms with Crippen LogP contribution in [0.4, 0.5) is 18.9 Å². The number of carbonyl (C=O) groups excluding carboxylic acids is 1. The molecule has 0 atom stereocenters. The largest absolute Gasteiger partial charge is 0.416 e. The Labute approximate surface area is 128 Å². The number of aromatic nitrogens is 3. The van der Waals surface area contributed by atoms with Gasteiger partial charge in [-0.15, -0.1) is 0 Å². The van der Waals surface area contributed by atoms with Crippen LogP contribution in [0, 0.1) is 6.92 Å². The zero-order chi connectivity index (χ0) is 16.6. The number of nitrogens with one attached hydrogen (secondary N) is 1. The topological polar surface area (TPSA) is 59.3 Å². The number of anilines is 1. The lowest BCUT2D eigenvalue weighted by atomic mass is 10.2. The first kappa shape index (κ1) is 15.0. The number of rotatable bonds is 2. The fourth-order valence-electron chi connectivity index (χ4n) is 2.12. The number of alkyl halides is 3. The Bertz CT molecular complexity index is 869. The van der Waals surface area contributed by atoms with Gasteiger partial charge in [0.1, 0.15) is 5.69 Å². The van der Waals surface area contributed by atoms with E-state index >= 15 is 0 Å². The number of carbonyl (C=O) groups is 1. The molecule has 1 N–H and O–H groups in total. The number of hydrogen-bond donors (Lipinski definition) is 1. The molecule has 2 aromatic heterocycles. The highest BCUT2D eigenvalue weighted by Gasteiger charge is 2.30. The second kappa shape index (κ2) is 5.38. The molecule has 0 spiro atoms. The van der Waals surface area contributed by atoms with Crippen molar-refractivity contribution in [3.63, 3.8) is 0 Å². The number of fused-ring (bicyclic) bond motifs is 1. The molecule has 0 fully saturated rings. The molecule has 0 unspecified atom stereocenters. The normalized spacial score (nSPS) is 11.7. The minimum absolute atomic E-state index is 0.162. The second-order valence-corrected chi connectivity index (χ2v) is 4.91. The monoisotopic (exact) mass is 320 g/mol. The number of hydrogen-bond acceptors (Lipinski definition) is 3. The van der Waals surface area contributed by atoms with Crippen LogP contribution >= 0.6 is 0 Å². The molecule has 3 rings (SSSR count). The lowest BCUT2D eigenvalue weighted by Gasteiger charge is -2.09. The molecular weight excluding hydrogens is 309 g/mol. The molecule has 0 saturated heterocycles. The van der Waals surface area contributed by atoms with Gasteiger partial charge >= 0.3 is 6.18 Å². The van der Waals surface area contributed by atoms with Crippen molar-refractivity contribution in [2.75, 3.05) is 5.32 Å². The number of halogens is 3. The molecule has 1 aromatic carbocycles. The predicted octanol–water partition coefficient (Wildman–Crippen LogP) is 3.31. The van der Waals surface area contributed by atoms with Gasteiger partial charge in [-0.05, 0) is 37.3 Å². The van der Waals surface area contributed by atoms with Crippen LogP contribution in [0.25, 0.3) is 5.65 Å². The summed E-state index contributed by atoms with van der Waals surface area (Å²) in [7, 11) is 0. The van der Waals surface area contributed by atoms with Gasteiger partial charge in [-0.2, -0.15) is 18.3 Å². The SMILES string of the molecule is Cc1cc(C(=O)Nc2ccc(C(F)(F)F)cc2)nc2ccnn12. The van der Waals surface area contributed by atoms with Gasteiger partial charge in [0, 0.05) is 17.4 Å². The molecule has 0 saturated carbocycles. The third-order valence-electron chi connectivity index (χ3n) is 3.24. The molecule has 0 bridgehead atoms. The Morgan fingerprint density at radius 2 is 1.87 bits per heavy atom. The molecule has 3 aromatic rings. The van der Waals surface area contributed by atoms with Gasteiger partial charge < -0.3 is 5.32 Å². The standard InChI is InChI=1S/C15H11F3N4O/c1-9-8-12(21-13-6-7-19-22(9)13)14(23)20-11-4-2-10(3-5-11)15(16,17)18/h2-8H,1H3,(H,20,23). The Kier molecular flexibility index (Phi) is 3.51. The summed E-state index contributed by atoms with van der Waals surface area (Å²) in [5.74, 6) is -0.503. The maximum absolute atomic E-state index is 12.5. The van der Waals surface area contributed by atoms with E-state index in [1.807, 2.05) is 0 Å². The minimum atomic E-state index is -4.41. The Morgan fingerprint density at radius 1 is 1.17 bits per heavy atom. The highest BCUT2D eigenvalue weighted by Crippen LogP contribution is 2.29. The summed E-state index contributed by atoms with van der Waals surface area (Å²) in [5, 5.41) is 6.57. The van der Waals surface area contributed by atoms with Crippen molar-refractivity contribution in [3.05, 3.63) is 59.5 Å². The van der Waals surface area contributed by atoms with Gasteiger partial charge in [0.15, 0.2) is 5.65 Å². The summed E-state index contributed by atoms with van der Waals surface area (Å²) in [6, 6.07) is 7.43. The van der Waals surface area contributed by atoms with E-state index in [2.05, 4.69) is 15.4 Å². The van der Waals surface area contributed by atoms with Crippen LogP contribution in [-0.2, 0) is 6.18 Å². The molecule has 0 aliphatic rings. The molecule has 23 heavy (non-hydrogen) atoms. The summed E-state index contributed by atoms with van der Waals surface area (Å²) in [5.41, 5.74) is 0.886. The van der Waals surface area contributed by atoms with E-state index in [9.17, 15) is 18.0 Å². The first-order valence-electron chi connectivity index (χ1n) is 6.64. The van der Waals surface area contributed by atoms with Crippen LogP contribution in [0.2, 0.25) is 0 Å². The minimum Gasteiger partial charge on any atom is -0.321 e. The van der Waals surface area contributed by atoms with E-state index in [-0.39, 0.29) is 11.4 Å². The highest BCUT2D eigenvalue weighted by molar-refractivity contribution is 6.03. The molecule has 118 valence electrons. The average Bonchev–Trinajstić information content (AvgIpc) is 2.96. The first-order valence-corrected chi connectivity index (χ1v) is 6.64. The Hall–Kier alpha value is -2.90. The summed E-state index contributed by atoms with van der Waals surface area (Å²) in [4.78, 5) is 16.3. The van der Waals surface area contributed by atoms with E-state index < -0.39 is 17.6 Å². The van der Waals surface area contributed by atoms with Crippen molar-refractivity contribution >= 4 is 17.2 Å². The molecule has 0 aliphatic carbocycles. The van der Waals surface area contributed by atoms with Crippen molar-refractivity contribution in [2.45, 2.75) is 13.1 Å². The predicted molar refractivity (Wildman–Crippen MR) is 77.1 cm³/mol. The first-order chi connectivity index (χ1) is 10.8. The summed E-state index contributed by atoms with van der Waals surface area (Å²) in [6.45, 7) is 1.77. The number of benzene rings is 1. The molecule has 1 amide bonds. The van der Waals surface area contributed by atoms with Gasteiger partial charge in [-0.3, -0.25) is 4.79 Å². The zero-order valence-corrected chi connectivity index (χ0v) is 11.9. The molecule has 2 heterocycles. The molecular formula is C15H11F3N4O. The van der Waals surface area contributed by atoms with Gasteiger partial charge in [0.25, 0.3) is 5.91 Å². The Balaban J connectivity index is 1.83. The maximum atomic E-state index is 12.5. The Morgan fingerprint density at radius 3 is 2.52 bits per heavy atom. The fourth-order valence-corrected chi connectivity index (χ4v) is 2.12. The van der Waals surface area contributed by atoms with E-state index in [1.165, 1.54) is 12.1 Å². The van der Waals surface area contributed by atoms with Gasteiger partial charge in [0.05, 0.1) is 11.8 Å². The van der Waals surface area contributed by atoms with Crippen molar-refractivity contribution in [2.24, 2.45) is 0 Å². The molecule has 8 heteroatoms. The van der Waals surface area contributed by atoms with Crippen LogP contribution in [0.5, 0.6) is 0 Å². The van der Waals surface area contributed by atoms with E-state index in [0.29, 0.717) is 5.65 Å². The van der Waals surface area contributed by atoms with E-state index in [4.69, 9.17) is 0 Å². The van der Waals surface area contributed by atoms with Crippen molar-refractivity contribution in [3.8, 4) is 0 Å². The van der Waals surface area contributed by atoms with Crippen LogP contribution in [-0.4, -0.2) is 20.5 Å². The lowest BCUT2D eigenvalue weighted by Crippen LogP contribution is -2.15. The fraction of sp³-hybridized carbons (Fsp3) is 0.133. The zero-order valence-electron chi connectivity index (χ0n) is 11.9. The number of aryl methyl sites for hydroxylation is 1. The van der Waals surface area contributed by atoms with Crippen molar-refractivity contribution in [1.29, 1.82) is 0 Å². The summed E-state index contributed by atoms with van der Waals surface area (Å²) < 4.78 is 39.1.